The molecule has 0 spiro atoms. The predicted molar refractivity (Wildman–Crippen MR) is 78.3 cm³/mol. The zero-order valence-corrected chi connectivity index (χ0v) is 12.3. The van der Waals surface area contributed by atoms with Gasteiger partial charge < -0.3 is 10.5 Å². The van der Waals surface area contributed by atoms with E-state index < -0.39 is 0 Å². The summed E-state index contributed by atoms with van der Waals surface area (Å²) in [5.74, 6) is 1.36. The maximum atomic E-state index is 6.13. The van der Waals surface area contributed by atoms with Crippen LogP contribution in [-0.4, -0.2) is 0 Å². The summed E-state index contributed by atoms with van der Waals surface area (Å²) < 4.78 is 6.64. The highest BCUT2D eigenvalue weighted by Crippen LogP contribution is 2.34. The van der Waals surface area contributed by atoms with Gasteiger partial charge in [0.05, 0.1) is 9.50 Å². The first-order chi connectivity index (χ1) is 8.60. The number of halogens is 2. The minimum Gasteiger partial charge on any atom is -0.455 e. The third-order valence-corrected chi connectivity index (χ3v) is 3.45. The van der Waals surface area contributed by atoms with Gasteiger partial charge in [0.2, 0.25) is 0 Å². The quantitative estimate of drug-likeness (QED) is 0.890. The summed E-state index contributed by atoms with van der Waals surface area (Å²) >= 11 is 9.59. The molecule has 2 N–H and O–H groups in total. The Labute approximate surface area is 120 Å². The van der Waals surface area contributed by atoms with E-state index in [1.807, 2.05) is 43.3 Å². The van der Waals surface area contributed by atoms with Crippen molar-refractivity contribution in [2.24, 2.45) is 5.73 Å². The lowest BCUT2D eigenvalue weighted by atomic mass is 10.2. The fraction of sp³-hybridized carbons (Fsp3) is 0.143. The van der Waals surface area contributed by atoms with Crippen LogP contribution in [0.15, 0.2) is 40.9 Å². The van der Waals surface area contributed by atoms with E-state index in [0.717, 1.165) is 21.3 Å². The highest BCUT2D eigenvalue weighted by atomic mass is 79.9. The van der Waals surface area contributed by atoms with E-state index >= 15 is 0 Å². The number of hydrogen-bond donors (Lipinski definition) is 1. The second kappa shape index (κ2) is 5.74. The minimum absolute atomic E-state index is 0.504. The summed E-state index contributed by atoms with van der Waals surface area (Å²) in [6, 6.07) is 11.4. The van der Waals surface area contributed by atoms with Crippen molar-refractivity contribution in [3.8, 4) is 11.5 Å². The van der Waals surface area contributed by atoms with Crippen molar-refractivity contribution in [3.63, 3.8) is 0 Å². The van der Waals surface area contributed by atoms with E-state index in [2.05, 4.69) is 15.9 Å². The second-order valence-corrected chi connectivity index (χ2v) is 5.27. The van der Waals surface area contributed by atoms with Gasteiger partial charge in [-0.05, 0) is 58.2 Å². The SMILES string of the molecule is Cc1ccc(Oc2ccc(CN)cc2Br)c(Cl)c1. The van der Waals surface area contributed by atoms with E-state index in [1.54, 1.807) is 0 Å². The van der Waals surface area contributed by atoms with Gasteiger partial charge in [0.25, 0.3) is 0 Å². The second-order valence-electron chi connectivity index (χ2n) is 4.00. The molecule has 2 rings (SSSR count). The largest absolute Gasteiger partial charge is 0.455 e. The molecule has 2 aromatic rings. The van der Waals surface area contributed by atoms with Crippen molar-refractivity contribution in [2.45, 2.75) is 13.5 Å². The van der Waals surface area contributed by atoms with Crippen molar-refractivity contribution < 1.29 is 4.74 Å². The summed E-state index contributed by atoms with van der Waals surface area (Å²) in [6.45, 7) is 2.49. The molecule has 18 heavy (non-hydrogen) atoms. The molecule has 94 valence electrons. The fourth-order valence-electron chi connectivity index (χ4n) is 1.56. The van der Waals surface area contributed by atoms with Crippen molar-refractivity contribution >= 4 is 27.5 Å². The van der Waals surface area contributed by atoms with E-state index in [0.29, 0.717) is 17.3 Å². The number of aryl methyl sites for hydroxylation is 1. The number of ether oxygens (including phenoxy) is 1. The van der Waals surface area contributed by atoms with E-state index in [-0.39, 0.29) is 0 Å². The summed E-state index contributed by atoms with van der Waals surface area (Å²) in [5.41, 5.74) is 7.73. The molecule has 0 aliphatic rings. The van der Waals surface area contributed by atoms with Crippen molar-refractivity contribution in [1.29, 1.82) is 0 Å². The molecule has 0 heterocycles. The Balaban J connectivity index is 2.28. The van der Waals surface area contributed by atoms with Crippen molar-refractivity contribution in [3.05, 3.63) is 57.0 Å². The molecule has 0 saturated heterocycles. The molecule has 0 fully saturated rings. The molecule has 0 amide bonds. The average Bonchev–Trinajstić information content (AvgIpc) is 2.34. The van der Waals surface area contributed by atoms with Gasteiger partial charge in [0.15, 0.2) is 0 Å². The topological polar surface area (TPSA) is 35.2 Å². The number of hydrogen-bond acceptors (Lipinski definition) is 2. The fourth-order valence-corrected chi connectivity index (χ4v) is 2.34. The van der Waals surface area contributed by atoms with E-state index in [9.17, 15) is 0 Å². The Morgan fingerprint density at radius 1 is 1.17 bits per heavy atom. The first kappa shape index (κ1) is 13.4. The van der Waals surface area contributed by atoms with Crippen LogP contribution >= 0.6 is 27.5 Å². The van der Waals surface area contributed by atoms with Gasteiger partial charge in [-0.3, -0.25) is 0 Å². The molecule has 0 aliphatic heterocycles. The molecule has 2 aromatic carbocycles. The Bertz CT molecular complexity index is 572. The van der Waals surface area contributed by atoms with Crippen LogP contribution in [0.5, 0.6) is 11.5 Å². The summed E-state index contributed by atoms with van der Waals surface area (Å²) in [6.07, 6.45) is 0. The molecule has 0 bridgehead atoms. The first-order valence-corrected chi connectivity index (χ1v) is 6.70. The first-order valence-electron chi connectivity index (χ1n) is 5.52. The highest BCUT2D eigenvalue weighted by molar-refractivity contribution is 9.10. The molecule has 4 heteroatoms. The van der Waals surface area contributed by atoms with Crippen LogP contribution in [0.1, 0.15) is 11.1 Å². The molecule has 0 aliphatic carbocycles. The summed E-state index contributed by atoms with van der Waals surface area (Å²) in [5, 5.41) is 0.602. The van der Waals surface area contributed by atoms with Crippen LogP contribution in [0.4, 0.5) is 0 Å². The predicted octanol–water partition coefficient (Wildman–Crippen LogP) is 4.66. The number of rotatable bonds is 3. The van der Waals surface area contributed by atoms with Gasteiger partial charge in [-0.1, -0.05) is 23.7 Å². The third-order valence-electron chi connectivity index (χ3n) is 2.54. The molecule has 0 unspecified atom stereocenters. The molecule has 0 aromatic heterocycles. The molecular formula is C14H13BrClNO. The summed E-state index contributed by atoms with van der Waals surface area (Å²) in [7, 11) is 0. The number of nitrogens with two attached hydrogens (primary N) is 1. The number of benzene rings is 2. The lowest BCUT2D eigenvalue weighted by molar-refractivity contribution is 0.479. The van der Waals surface area contributed by atoms with Crippen LogP contribution in [0.3, 0.4) is 0 Å². The van der Waals surface area contributed by atoms with Crippen LogP contribution < -0.4 is 10.5 Å². The molecular weight excluding hydrogens is 314 g/mol. The Hall–Kier alpha value is -1.03. The summed E-state index contributed by atoms with van der Waals surface area (Å²) in [4.78, 5) is 0. The van der Waals surface area contributed by atoms with Gasteiger partial charge in [0, 0.05) is 6.54 Å². The highest BCUT2D eigenvalue weighted by Gasteiger charge is 2.07. The maximum absolute atomic E-state index is 6.13. The van der Waals surface area contributed by atoms with Crippen molar-refractivity contribution in [1.82, 2.24) is 0 Å². The Morgan fingerprint density at radius 2 is 1.89 bits per heavy atom. The maximum Gasteiger partial charge on any atom is 0.146 e. The van der Waals surface area contributed by atoms with Crippen LogP contribution in [0.25, 0.3) is 0 Å². The van der Waals surface area contributed by atoms with Crippen LogP contribution in [-0.2, 0) is 6.54 Å². The van der Waals surface area contributed by atoms with Gasteiger partial charge in [-0.2, -0.15) is 0 Å². The van der Waals surface area contributed by atoms with Gasteiger partial charge in [0.1, 0.15) is 11.5 Å². The monoisotopic (exact) mass is 325 g/mol. The average molecular weight is 327 g/mol. The standard InChI is InChI=1S/C14H13BrClNO/c1-9-2-4-14(12(16)6-9)18-13-5-3-10(8-17)7-11(13)15/h2-7H,8,17H2,1H3. The van der Waals surface area contributed by atoms with Gasteiger partial charge >= 0.3 is 0 Å². The van der Waals surface area contributed by atoms with Gasteiger partial charge in [-0.15, -0.1) is 0 Å². The van der Waals surface area contributed by atoms with Crippen LogP contribution in [0, 0.1) is 6.92 Å². The zero-order valence-electron chi connectivity index (χ0n) is 9.91. The molecule has 0 saturated carbocycles. The van der Waals surface area contributed by atoms with Crippen molar-refractivity contribution in [2.75, 3.05) is 0 Å². The smallest absolute Gasteiger partial charge is 0.146 e. The van der Waals surface area contributed by atoms with E-state index in [1.165, 1.54) is 0 Å². The normalized spacial score (nSPS) is 10.4. The molecule has 0 radical (unpaired) electrons. The van der Waals surface area contributed by atoms with E-state index in [4.69, 9.17) is 22.1 Å². The Kier molecular flexibility index (Phi) is 4.27. The lowest BCUT2D eigenvalue weighted by Crippen LogP contribution is -1.96. The minimum atomic E-state index is 0.504. The Morgan fingerprint density at radius 3 is 2.50 bits per heavy atom. The third kappa shape index (κ3) is 3.05. The molecule has 2 nitrogen and oxygen atoms in total. The van der Waals surface area contributed by atoms with Gasteiger partial charge in [-0.25, -0.2) is 0 Å². The lowest BCUT2D eigenvalue weighted by Gasteiger charge is -2.10. The molecule has 0 atom stereocenters. The van der Waals surface area contributed by atoms with Crippen LogP contribution in [0.2, 0.25) is 5.02 Å². The zero-order chi connectivity index (χ0) is 13.1.